The van der Waals surface area contributed by atoms with E-state index in [1.165, 1.54) is 9.13 Å². The van der Waals surface area contributed by atoms with Crippen LogP contribution in [0.2, 0.25) is 0 Å². The van der Waals surface area contributed by atoms with Gasteiger partial charge >= 0.3 is 5.69 Å². The Balaban J connectivity index is 1.87. The molecule has 6 nitrogen and oxygen atoms in total. The third kappa shape index (κ3) is 3.30. The summed E-state index contributed by atoms with van der Waals surface area (Å²) in [5.41, 5.74) is 0.523. The minimum absolute atomic E-state index is 0.167. The monoisotopic (exact) mass is 363 g/mol. The Morgan fingerprint density at radius 2 is 1.74 bits per heavy atom. The molecule has 0 bridgehead atoms. The number of nitrogens with zero attached hydrogens (tertiary/aromatic N) is 2. The van der Waals surface area contributed by atoms with E-state index in [1.54, 1.807) is 31.2 Å². The summed E-state index contributed by atoms with van der Waals surface area (Å²) in [7, 11) is 0. The lowest BCUT2D eigenvalue weighted by Gasteiger charge is -2.19. The molecule has 1 aliphatic carbocycles. The molecule has 1 heterocycles. The van der Waals surface area contributed by atoms with Crippen molar-refractivity contribution in [2.45, 2.75) is 38.4 Å². The molecule has 0 spiro atoms. The number of carbonyl (C=O) groups is 1. The molecule has 0 radical (unpaired) electrons. The second-order valence-corrected chi connectivity index (χ2v) is 7.01. The molecule has 1 unspecified atom stereocenters. The molecule has 4 rings (SSSR count). The first kappa shape index (κ1) is 17.3. The van der Waals surface area contributed by atoms with Crippen molar-refractivity contribution < 1.29 is 4.79 Å². The quantitative estimate of drug-likeness (QED) is 0.754. The van der Waals surface area contributed by atoms with Crippen LogP contribution in [-0.4, -0.2) is 21.1 Å². The van der Waals surface area contributed by atoms with Crippen LogP contribution in [0.4, 0.5) is 0 Å². The van der Waals surface area contributed by atoms with Crippen LogP contribution in [0.25, 0.3) is 10.9 Å². The largest absolute Gasteiger partial charge is 0.352 e. The Morgan fingerprint density at radius 3 is 2.44 bits per heavy atom. The number of aromatic nitrogens is 2. The number of fused-ring (bicyclic) bond motifs is 1. The zero-order chi connectivity index (χ0) is 19.0. The lowest BCUT2D eigenvalue weighted by atomic mass is 10.2. The summed E-state index contributed by atoms with van der Waals surface area (Å²) in [5.74, 6) is -0.199. The van der Waals surface area contributed by atoms with E-state index in [0.29, 0.717) is 10.9 Å². The molecule has 3 aromatic rings. The molecule has 1 aromatic heterocycles. The van der Waals surface area contributed by atoms with Crippen LogP contribution in [0.5, 0.6) is 0 Å². The minimum Gasteiger partial charge on any atom is -0.352 e. The Labute approximate surface area is 156 Å². The van der Waals surface area contributed by atoms with Crippen molar-refractivity contribution in [3.05, 3.63) is 81.0 Å². The van der Waals surface area contributed by atoms with Crippen molar-refractivity contribution in [3.63, 3.8) is 0 Å². The van der Waals surface area contributed by atoms with Gasteiger partial charge in [0.25, 0.3) is 5.56 Å². The highest BCUT2D eigenvalue weighted by atomic mass is 16.2. The van der Waals surface area contributed by atoms with Crippen molar-refractivity contribution in [2.75, 3.05) is 0 Å². The van der Waals surface area contributed by atoms with Gasteiger partial charge in [0, 0.05) is 6.04 Å². The molecule has 1 N–H and O–H groups in total. The van der Waals surface area contributed by atoms with Crippen molar-refractivity contribution in [1.82, 2.24) is 14.5 Å². The Bertz CT molecular complexity index is 1110. The van der Waals surface area contributed by atoms with Gasteiger partial charge in [0.05, 0.1) is 17.4 Å². The van der Waals surface area contributed by atoms with Crippen LogP contribution in [-0.2, 0) is 11.3 Å². The molecule has 1 saturated carbocycles. The number of nitrogens with one attached hydrogen (secondary N) is 1. The number of hydrogen-bond donors (Lipinski definition) is 1. The molecule has 0 aliphatic heterocycles. The van der Waals surface area contributed by atoms with Crippen LogP contribution >= 0.6 is 0 Å². The first-order chi connectivity index (χ1) is 13.1. The molecule has 1 atom stereocenters. The summed E-state index contributed by atoms with van der Waals surface area (Å²) in [4.78, 5) is 38.7. The van der Waals surface area contributed by atoms with E-state index >= 15 is 0 Å². The fourth-order valence-electron chi connectivity index (χ4n) is 3.28. The Morgan fingerprint density at radius 1 is 1.07 bits per heavy atom. The van der Waals surface area contributed by atoms with Gasteiger partial charge in [-0.05, 0) is 37.5 Å². The van der Waals surface area contributed by atoms with Crippen LogP contribution < -0.4 is 16.6 Å². The normalized spacial score (nSPS) is 14.9. The average Bonchev–Trinajstić information content (AvgIpc) is 3.50. The van der Waals surface area contributed by atoms with Crippen LogP contribution in [0.15, 0.2) is 64.2 Å². The predicted molar refractivity (Wildman–Crippen MR) is 104 cm³/mol. The molecule has 2 aromatic carbocycles. The zero-order valence-corrected chi connectivity index (χ0v) is 15.1. The summed E-state index contributed by atoms with van der Waals surface area (Å²) >= 11 is 0. The van der Waals surface area contributed by atoms with E-state index < -0.39 is 11.7 Å². The van der Waals surface area contributed by atoms with E-state index in [1.807, 2.05) is 30.3 Å². The molecular formula is C21H21N3O3. The highest BCUT2D eigenvalue weighted by Crippen LogP contribution is 2.20. The SMILES string of the molecule is CC(C(=O)NC1CC1)n1c(=O)n(Cc2ccccc2)c(=O)c2ccccc21. The van der Waals surface area contributed by atoms with Gasteiger partial charge in [-0.3, -0.25) is 18.7 Å². The molecule has 1 fully saturated rings. The summed E-state index contributed by atoms with van der Waals surface area (Å²) < 4.78 is 2.63. The van der Waals surface area contributed by atoms with Gasteiger partial charge in [-0.25, -0.2) is 4.79 Å². The maximum atomic E-state index is 13.2. The van der Waals surface area contributed by atoms with Gasteiger partial charge in [-0.1, -0.05) is 42.5 Å². The second kappa shape index (κ2) is 6.87. The standard InChI is InChI=1S/C21H21N3O3/c1-14(19(25)22-16-11-12-16)24-18-10-6-5-9-17(18)20(26)23(21(24)27)13-15-7-3-2-4-8-15/h2-10,14,16H,11-13H2,1H3,(H,22,25). The van der Waals surface area contributed by atoms with Gasteiger partial charge in [0.2, 0.25) is 5.91 Å². The van der Waals surface area contributed by atoms with Crippen LogP contribution in [0.1, 0.15) is 31.4 Å². The van der Waals surface area contributed by atoms with Gasteiger partial charge in [-0.15, -0.1) is 0 Å². The minimum atomic E-state index is -0.703. The van der Waals surface area contributed by atoms with Gasteiger partial charge in [0.15, 0.2) is 0 Å². The number of para-hydroxylation sites is 1. The average molecular weight is 363 g/mol. The number of carbonyl (C=O) groups excluding carboxylic acids is 1. The maximum Gasteiger partial charge on any atom is 0.332 e. The molecule has 1 amide bonds. The van der Waals surface area contributed by atoms with E-state index in [4.69, 9.17) is 0 Å². The van der Waals surface area contributed by atoms with Gasteiger partial charge in [-0.2, -0.15) is 0 Å². The Hall–Kier alpha value is -3.15. The molecule has 1 aliphatic rings. The summed E-state index contributed by atoms with van der Waals surface area (Å²) in [6, 6.07) is 15.8. The predicted octanol–water partition coefficient (Wildman–Crippen LogP) is 2.05. The fraction of sp³-hybridized carbons (Fsp3) is 0.286. The highest BCUT2D eigenvalue weighted by Gasteiger charge is 2.28. The van der Waals surface area contributed by atoms with E-state index in [-0.39, 0.29) is 24.1 Å². The van der Waals surface area contributed by atoms with Crippen molar-refractivity contribution >= 4 is 16.8 Å². The smallest absolute Gasteiger partial charge is 0.332 e. The van der Waals surface area contributed by atoms with E-state index in [2.05, 4.69) is 5.32 Å². The third-order valence-corrected chi connectivity index (χ3v) is 4.95. The van der Waals surface area contributed by atoms with Crippen LogP contribution in [0, 0.1) is 0 Å². The first-order valence-corrected chi connectivity index (χ1v) is 9.14. The van der Waals surface area contributed by atoms with Crippen molar-refractivity contribution in [3.8, 4) is 0 Å². The molecule has 6 heteroatoms. The second-order valence-electron chi connectivity index (χ2n) is 7.01. The van der Waals surface area contributed by atoms with Crippen molar-refractivity contribution in [2.24, 2.45) is 0 Å². The molecule has 0 saturated heterocycles. The summed E-state index contributed by atoms with van der Waals surface area (Å²) in [6.45, 7) is 1.86. The number of rotatable bonds is 5. The molecule has 27 heavy (non-hydrogen) atoms. The lowest BCUT2D eigenvalue weighted by molar-refractivity contribution is -0.124. The lowest BCUT2D eigenvalue weighted by Crippen LogP contribution is -2.44. The van der Waals surface area contributed by atoms with Crippen molar-refractivity contribution in [1.29, 1.82) is 0 Å². The first-order valence-electron chi connectivity index (χ1n) is 9.14. The topological polar surface area (TPSA) is 73.1 Å². The number of hydrogen-bond acceptors (Lipinski definition) is 3. The fourth-order valence-corrected chi connectivity index (χ4v) is 3.28. The summed E-state index contributed by atoms with van der Waals surface area (Å²) in [6.07, 6.45) is 1.95. The van der Waals surface area contributed by atoms with Gasteiger partial charge < -0.3 is 5.32 Å². The number of amides is 1. The van der Waals surface area contributed by atoms with E-state index in [9.17, 15) is 14.4 Å². The maximum absolute atomic E-state index is 13.2. The van der Waals surface area contributed by atoms with Crippen LogP contribution in [0.3, 0.4) is 0 Å². The molecular weight excluding hydrogens is 342 g/mol. The zero-order valence-electron chi connectivity index (χ0n) is 15.1. The molecule has 138 valence electrons. The Kier molecular flexibility index (Phi) is 4.39. The third-order valence-electron chi connectivity index (χ3n) is 4.95. The number of benzene rings is 2. The summed E-state index contributed by atoms with van der Waals surface area (Å²) in [5, 5.41) is 3.37. The van der Waals surface area contributed by atoms with Gasteiger partial charge in [0.1, 0.15) is 6.04 Å². The highest BCUT2D eigenvalue weighted by molar-refractivity contribution is 5.84. The van der Waals surface area contributed by atoms with E-state index in [0.717, 1.165) is 18.4 Å².